The smallest absolute Gasteiger partial charge is 0.144 e. The van der Waals surface area contributed by atoms with Gasteiger partial charge in [-0.2, -0.15) is 0 Å². The Balaban J connectivity index is 3.88. The monoisotopic (exact) mass is 147 g/mol. The average molecular weight is 147 g/mol. The van der Waals surface area contributed by atoms with Crippen molar-refractivity contribution in [3.63, 3.8) is 0 Å². The van der Waals surface area contributed by atoms with Gasteiger partial charge >= 0.3 is 0 Å². The van der Waals surface area contributed by atoms with Crippen LogP contribution in [-0.4, -0.2) is 15.5 Å². The van der Waals surface area contributed by atoms with Crippen molar-refractivity contribution < 1.29 is 4.55 Å². The SMILES string of the molecule is C/C=N/[S+]([O-])C(C)(C)C. The molecule has 0 radical (unpaired) electrons. The highest BCUT2D eigenvalue weighted by Crippen LogP contribution is 2.15. The minimum Gasteiger partial charge on any atom is -0.591 e. The molecule has 3 heteroatoms. The number of hydrogen-bond donors (Lipinski definition) is 0. The third-order valence-electron chi connectivity index (χ3n) is 0.725. The molecule has 0 aromatic rings. The summed E-state index contributed by atoms with van der Waals surface area (Å²) in [5.74, 6) is 0. The third kappa shape index (κ3) is 3.54. The van der Waals surface area contributed by atoms with Crippen LogP contribution in [0, 0.1) is 0 Å². The molecule has 0 saturated carbocycles. The normalized spacial score (nSPS) is 16.6. The van der Waals surface area contributed by atoms with Gasteiger partial charge in [-0.3, -0.25) is 0 Å². The van der Waals surface area contributed by atoms with Crippen molar-refractivity contribution in [1.82, 2.24) is 0 Å². The van der Waals surface area contributed by atoms with Crippen molar-refractivity contribution in [3.05, 3.63) is 0 Å². The van der Waals surface area contributed by atoms with Crippen molar-refractivity contribution in [2.24, 2.45) is 4.40 Å². The molecule has 0 aliphatic heterocycles. The molecule has 0 aromatic heterocycles. The molecular formula is C6H13NOS. The summed E-state index contributed by atoms with van der Waals surface area (Å²) in [6, 6.07) is 0. The molecule has 54 valence electrons. The predicted octanol–water partition coefficient (Wildman–Crippen LogP) is 1.54. The maximum atomic E-state index is 11.0. The van der Waals surface area contributed by atoms with Crippen molar-refractivity contribution in [2.45, 2.75) is 32.4 Å². The van der Waals surface area contributed by atoms with Crippen molar-refractivity contribution >= 4 is 17.6 Å². The van der Waals surface area contributed by atoms with E-state index < -0.39 is 11.4 Å². The van der Waals surface area contributed by atoms with Crippen LogP contribution in [0.25, 0.3) is 0 Å². The molecule has 0 aromatic carbocycles. The molecule has 9 heavy (non-hydrogen) atoms. The second kappa shape index (κ2) is 3.22. The second-order valence-corrected chi connectivity index (χ2v) is 4.66. The standard InChI is InChI=1S/C6H13NOS/c1-5-7-9(8)6(2,3)4/h5H,1-4H3/b7-5+. The first-order chi connectivity index (χ1) is 3.98. The van der Waals surface area contributed by atoms with Gasteiger partial charge in [-0.05, 0) is 27.7 Å². The molecule has 2 nitrogen and oxygen atoms in total. The van der Waals surface area contributed by atoms with Gasteiger partial charge in [0, 0.05) is 0 Å². The van der Waals surface area contributed by atoms with E-state index in [0.717, 1.165) is 0 Å². The molecule has 0 spiro atoms. The Morgan fingerprint density at radius 1 is 1.44 bits per heavy atom. The quantitative estimate of drug-likeness (QED) is 0.409. The molecule has 0 amide bonds. The first kappa shape index (κ1) is 8.98. The highest BCUT2D eigenvalue weighted by atomic mass is 32.2. The molecule has 0 fully saturated rings. The lowest BCUT2D eigenvalue weighted by Gasteiger charge is -2.17. The molecule has 0 aliphatic carbocycles. The molecular weight excluding hydrogens is 134 g/mol. The molecule has 0 saturated heterocycles. The summed E-state index contributed by atoms with van der Waals surface area (Å²) in [4.78, 5) is 0. The van der Waals surface area contributed by atoms with E-state index in [1.807, 2.05) is 20.8 Å². The maximum absolute atomic E-state index is 11.0. The van der Waals surface area contributed by atoms with E-state index in [9.17, 15) is 4.55 Å². The van der Waals surface area contributed by atoms with E-state index >= 15 is 0 Å². The topological polar surface area (TPSA) is 35.4 Å². The van der Waals surface area contributed by atoms with Gasteiger partial charge in [0.25, 0.3) is 0 Å². The maximum Gasteiger partial charge on any atom is 0.144 e. The zero-order valence-corrected chi connectivity index (χ0v) is 7.16. The Labute approximate surface area is 59.7 Å². The summed E-state index contributed by atoms with van der Waals surface area (Å²) in [6.45, 7) is 7.46. The highest BCUT2D eigenvalue weighted by Gasteiger charge is 2.25. The fourth-order valence-electron chi connectivity index (χ4n) is 0.254. The summed E-state index contributed by atoms with van der Waals surface area (Å²) in [6.07, 6.45) is 1.57. The Hall–Kier alpha value is -0.0200. The van der Waals surface area contributed by atoms with Crippen LogP contribution in [0.15, 0.2) is 4.40 Å². The van der Waals surface area contributed by atoms with Gasteiger partial charge in [0.05, 0.1) is 6.21 Å². The van der Waals surface area contributed by atoms with E-state index in [0.29, 0.717) is 0 Å². The Kier molecular flexibility index (Phi) is 3.22. The van der Waals surface area contributed by atoms with E-state index in [2.05, 4.69) is 4.40 Å². The van der Waals surface area contributed by atoms with E-state index in [1.165, 1.54) is 0 Å². The lowest BCUT2D eigenvalue weighted by molar-refractivity contribution is 0.562. The molecule has 1 unspecified atom stereocenters. The van der Waals surface area contributed by atoms with E-state index in [-0.39, 0.29) is 4.75 Å². The molecule has 0 bridgehead atoms. The summed E-state index contributed by atoms with van der Waals surface area (Å²) in [5, 5.41) is 0. The fourth-order valence-corrected chi connectivity index (χ4v) is 0.762. The molecule has 0 aliphatic rings. The van der Waals surface area contributed by atoms with Crippen molar-refractivity contribution in [1.29, 1.82) is 0 Å². The second-order valence-electron chi connectivity index (χ2n) is 2.73. The van der Waals surface area contributed by atoms with Gasteiger partial charge in [0.1, 0.15) is 16.1 Å². The Morgan fingerprint density at radius 2 is 1.89 bits per heavy atom. The van der Waals surface area contributed by atoms with Gasteiger partial charge in [0.2, 0.25) is 0 Å². The molecule has 1 atom stereocenters. The third-order valence-corrected chi connectivity index (χ3v) is 2.18. The zero-order chi connectivity index (χ0) is 7.49. The van der Waals surface area contributed by atoms with Gasteiger partial charge in [0.15, 0.2) is 0 Å². The minimum absolute atomic E-state index is 0.216. The average Bonchev–Trinajstić information content (AvgIpc) is 1.64. The van der Waals surface area contributed by atoms with Gasteiger partial charge < -0.3 is 4.55 Å². The van der Waals surface area contributed by atoms with Crippen LogP contribution in [0.5, 0.6) is 0 Å². The minimum atomic E-state index is -1.07. The van der Waals surface area contributed by atoms with Crippen molar-refractivity contribution in [3.8, 4) is 0 Å². The summed E-state index contributed by atoms with van der Waals surface area (Å²) in [5.41, 5.74) is 0. The van der Waals surface area contributed by atoms with Crippen LogP contribution in [0.4, 0.5) is 0 Å². The predicted molar refractivity (Wildman–Crippen MR) is 42.1 cm³/mol. The van der Waals surface area contributed by atoms with Crippen LogP contribution in [0.3, 0.4) is 0 Å². The first-order valence-electron chi connectivity index (χ1n) is 2.89. The van der Waals surface area contributed by atoms with Gasteiger partial charge in [-0.25, -0.2) is 0 Å². The zero-order valence-electron chi connectivity index (χ0n) is 6.34. The number of rotatable bonds is 1. The van der Waals surface area contributed by atoms with Crippen LogP contribution < -0.4 is 0 Å². The van der Waals surface area contributed by atoms with Crippen LogP contribution in [0.2, 0.25) is 0 Å². The Morgan fingerprint density at radius 3 is 2.00 bits per heavy atom. The van der Waals surface area contributed by atoms with E-state index in [1.54, 1.807) is 13.1 Å². The summed E-state index contributed by atoms with van der Waals surface area (Å²) in [7, 11) is 0. The lowest BCUT2D eigenvalue weighted by Crippen LogP contribution is -2.25. The lowest BCUT2D eigenvalue weighted by atomic mass is 10.3. The van der Waals surface area contributed by atoms with Crippen LogP contribution >= 0.6 is 0 Å². The van der Waals surface area contributed by atoms with Crippen LogP contribution in [0.1, 0.15) is 27.7 Å². The molecule has 0 N–H and O–H groups in total. The van der Waals surface area contributed by atoms with Gasteiger partial charge in [-0.1, -0.05) is 4.40 Å². The molecule has 0 heterocycles. The Bertz CT molecular complexity index is 106. The van der Waals surface area contributed by atoms with Gasteiger partial charge in [-0.15, -0.1) is 0 Å². The van der Waals surface area contributed by atoms with Crippen LogP contribution in [-0.2, 0) is 11.4 Å². The summed E-state index contributed by atoms with van der Waals surface area (Å²) >= 11 is -1.07. The van der Waals surface area contributed by atoms with E-state index in [4.69, 9.17) is 0 Å². The number of hydrogen-bond acceptors (Lipinski definition) is 2. The highest BCUT2D eigenvalue weighted by molar-refractivity contribution is 7.91. The van der Waals surface area contributed by atoms with Crippen molar-refractivity contribution in [2.75, 3.05) is 0 Å². The molecule has 0 rings (SSSR count). The fraction of sp³-hybridized carbons (Fsp3) is 0.833. The summed E-state index contributed by atoms with van der Waals surface area (Å²) < 4.78 is 14.5. The number of nitrogens with zero attached hydrogens (tertiary/aromatic N) is 1. The first-order valence-corrected chi connectivity index (χ1v) is 4.00. The largest absolute Gasteiger partial charge is 0.591 e.